The highest BCUT2D eigenvalue weighted by Crippen LogP contribution is 2.26. The van der Waals surface area contributed by atoms with Gasteiger partial charge in [-0.15, -0.1) is 0 Å². The Morgan fingerprint density at radius 3 is 2.50 bits per heavy atom. The van der Waals surface area contributed by atoms with Crippen molar-refractivity contribution in [3.05, 3.63) is 29.1 Å². The number of phenolic OH excluding ortho intramolecular Hbond substituents is 1. The van der Waals surface area contributed by atoms with Crippen molar-refractivity contribution in [3.8, 4) is 5.75 Å². The first kappa shape index (κ1) is 14.6. The Hall–Kier alpha value is -1.42. The summed E-state index contributed by atoms with van der Waals surface area (Å²) in [5, 5.41) is 10.00. The van der Waals surface area contributed by atoms with Gasteiger partial charge in [-0.05, 0) is 39.4 Å². The Bertz CT molecular complexity index is 444. The van der Waals surface area contributed by atoms with Gasteiger partial charge in [-0.1, -0.05) is 6.92 Å². The number of rotatable bonds is 5. The molecule has 18 heavy (non-hydrogen) atoms. The minimum absolute atomic E-state index is 0.0461. The number of benzene rings is 1. The van der Waals surface area contributed by atoms with Gasteiger partial charge in [0.25, 0.3) is 0 Å². The molecule has 0 aliphatic carbocycles. The summed E-state index contributed by atoms with van der Waals surface area (Å²) in [4.78, 5) is 13.4. The van der Waals surface area contributed by atoms with Gasteiger partial charge in [-0.3, -0.25) is 9.69 Å². The third-order valence-corrected chi connectivity index (χ3v) is 3.04. The van der Waals surface area contributed by atoms with Crippen LogP contribution >= 0.6 is 0 Å². The molecule has 0 aliphatic rings. The van der Waals surface area contributed by atoms with Crippen LogP contribution in [0.5, 0.6) is 5.75 Å². The fourth-order valence-corrected chi connectivity index (χ4v) is 1.92. The molecule has 0 amide bonds. The van der Waals surface area contributed by atoms with E-state index in [9.17, 15) is 14.3 Å². The molecule has 0 heterocycles. The Morgan fingerprint density at radius 1 is 1.44 bits per heavy atom. The molecule has 1 aromatic rings. The first-order chi connectivity index (χ1) is 8.36. The van der Waals surface area contributed by atoms with Gasteiger partial charge in [0.05, 0.1) is 5.56 Å². The summed E-state index contributed by atoms with van der Waals surface area (Å²) in [7, 11) is 0. The lowest BCUT2D eigenvalue weighted by molar-refractivity contribution is 0.101. The summed E-state index contributed by atoms with van der Waals surface area (Å²) in [6.07, 6.45) is 0. The van der Waals surface area contributed by atoms with Crippen LogP contribution in [0.2, 0.25) is 0 Å². The highest BCUT2D eigenvalue weighted by Gasteiger charge is 2.16. The highest BCUT2D eigenvalue weighted by atomic mass is 19.1. The maximum absolute atomic E-state index is 13.4. The van der Waals surface area contributed by atoms with Crippen LogP contribution in [-0.2, 0) is 6.54 Å². The molecule has 4 heteroatoms. The number of nitrogens with zero attached hydrogens (tertiary/aromatic N) is 1. The number of hydrogen-bond donors (Lipinski definition) is 1. The molecule has 0 atom stereocenters. The van der Waals surface area contributed by atoms with Gasteiger partial charge >= 0.3 is 0 Å². The SMILES string of the molecule is CCN(Cc1cc(F)cc(C(C)=O)c1O)C(C)C. The number of halogens is 1. The van der Waals surface area contributed by atoms with E-state index in [4.69, 9.17) is 0 Å². The van der Waals surface area contributed by atoms with Crippen molar-refractivity contribution >= 4 is 5.78 Å². The van der Waals surface area contributed by atoms with Gasteiger partial charge < -0.3 is 5.11 Å². The van der Waals surface area contributed by atoms with Crippen molar-refractivity contribution in [1.82, 2.24) is 4.90 Å². The zero-order valence-electron chi connectivity index (χ0n) is 11.3. The summed E-state index contributed by atoms with van der Waals surface area (Å²) in [5.74, 6) is -0.934. The van der Waals surface area contributed by atoms with E-state index < -0.39 is 5.82 Å². The third-order valence-electron chi connectivity index (χ3n) is 3.04. The van der Waals surface area contributed by atoms with Gasteiger partial charge in [0.15, 0.2) is 5.78 Å². The van der Waals surface area contributed by atoms with Crippen LogP contribution in [0.1, 0.15) is 43.6 Å². The van der Waals surface area contributed by atoms with E-state index in [2.05, 4.69) is 4.90 Å². The first-order valence-electron chi connectivity index (χ1n) is 6.13. The molecule has 3 nitrogen and oxygen atoms in total. The van der Waals surface area contributed by atoms with Crippen LogP contribution in [0, 0.1) is 5.82 Å². The summed E-state index contributed by atoms with van der Waals surface area (Å²) in [6.45, 7) is 8.61. The molecule has 0 saturated carbocycles. The van der Waals surface area contributed by atoms with Crippen LogP contribution in [0.15, 0.2) is 12.1 Å². The number of phenols is 1. The minimum Gasteiger partial charge on any atom is -0.507 e. The monoisotopic (exact) mass is 253 g/mol. The van der Waals surface area contributed by atoms with Crippen molar-refractivity contribution in [2.45, 2.75) is 40.3 Å². The van der Waals surface area contributed by atoms with Gasteiger partial charge in [-0.25, -0.2) is 4.39 Å². The van der Waals surface area contributed by atoms with Gasteiger partial charge in [0, 0.05) is 18.2 Å². The third kappa shape index (κ3) is 3.29. The zero-order valence-corrected chi connectivity index (χ0v) is 11.3. The van der Waals surface area contributed by atoms with Gasteiger partial charge in [0.1, 0.15) is 11.6 Å². The van der Waals surface area contributed by atoms with Crippen molar-refractivity contribution in [2.24, 2.45) is 0 Å². The fraction of sp³-hybridized carbons (Fsp3) is 0.500. The number of aromatic hydroxyl groups is 1. The maximum Gasteiger partial charge on any atom is 0.163 e. The van der Waals surface area contributed by atoms with Crippen LogP contribution in [0.4, 0.5) is 4.39 Å². The predicted molar refractivity (Wildman–Crippen MR) is 69.3 cm³/mol. The van der Waals surface area contributed by atoms with Crippen LogP contribution in [0.25, 0.3) is 0 Å². The number of carbonyl (C=O) groups is 1. The molecular weight excluding hydrogens is 233 g/mol. The van der Waals surface area contributed by atoms with E-state index in [0.717, 1.165) is 12.6 Å². The van der Waals surface area contributed by atoms with E-state index in [1.54, 1.807) is 0 Å². The first-order valence-corrected chi connectivity index (χ1v) is 6.13. The molecule has 0 fully saturated rings. The molecule has 1 rings (SSSR count). The van der Waals surface area contributed by atoms with Crippen molar-refractivity contribution in [1.29, 1.82) is 0 Å². The molecule has 0 aromatic heterocycles. The minimum atomic E-state index is -0.493. The van der Waals surface area contributed by atoms with Crippen molar-refractivity contribution < 1.29 is 14.3 Å². The second-order valence-electron chi connectivity index (χ2n) is 4.67. The zero-order chi connectivity index (χ0) is 13.9. The molecule has 0 saturated heterocycles. The van der Waals surface area contributed by atoms with Gasteiger partial charge in [0.2, 0.25) is 0 Å². The largest absolute Gasteiger partial charge is 0.507 e. The summed E-state index contributed by atoms with van der Waals surface area (Å²) >= 11 is 0. The summed E-state index contributed by atoms with van der Waals surface area (Å²) in [5.41, 5.74) is 0.501. The smallest absolute Gasteiger partial charge is 0.163 e. The molecule has 1 aromatic carbocycles. The molecule has 0 bridgehead atoms. The number of ketones is 1. The highest BCUT2D eigenvalue weighted by molar-refractivity contribution is 5.97. The summed E-state index contributed by atoms with van der Waals surface area (Å²) < 4.78 is 13.4. The quantitative estimate of drug-likeness (QED) is 0.820. The molecule has 1 N–H and O–H groups in total. The maximum atomic E-state index is 13.4. The fourth-order valence-electron chi connectivity index (χ4n) is 1.92. The molecule has 0 unspecified atom stereocenters. The van der Waals surface area contributed by atoms with Crippen LogP contribution < -0.4 is 0 Å². The summed E-state index contributed by atoms with van der Waals surface area (Å²) in [6, 6.07) is 2.65. The lowest BCUT2D eigenvalue weighted by Crippen LogP contribution is -2.30. The second-order valence-corrected chi connectivity index (χ2v) is 4.67. The average Bonchev–Trinajstić information content (AvgIpc) is 2.28. The van der Waals surface area contributed by atoms with Gasteiger partial charge in [-0.2, -0.15) is 0 Å². The van der Waals surface area contributed by atoms with E-state index in [-0.39, 0.29) is 17.1 Å². The topological polar surface area (TPSA) is 40.5 Å². The van der Waals surface area contributed by atoms with E-state index in [1.807, 2.05) is 20.8 Å². The second kappa shape index (κ2) is 5.96. The Labute approximate surface area is 107 Å². The molecule has 0 aliphatic heterocycles. The number of carbonyl (C=O) groups excluding carboxylic acids is 1. The molecule has 0 radical (unpaired) electrons. The van der Waals surface area contributed by atoms with E-state index in [0.29, 0.717) is 18.2 Å². The van der Waals surface area contributed by atoms with Crippen LogP contribution in [-0.4, -0.2) is 28.4 Å². The molecular formula is C14H20FNO2. The normalized spacial score (nSPS) is 11.3. The predicted octanol–water partition coefficient (Wildman–Crippen LogP) is 2.96. The standard InChI is InChI=1S/C14H20FNO2/c1-5-16(9(2)3)8-11-6-12(15)7-13(10(4)17)14(11)18/h6-7,9,18H,5,8H2,1-4H3. The number of hydrogen-bond acceptors (Lipinski definition) is 3. The van der Waals surface area contributed by atoms with Crippen molar-refractivity contribution in [2.75, 3.05) is 6.54 Å². The molecule has 100 valence electrons. The lowest BCUT2D eigenvalue weighted by atomic mass is 10.0. The average molecular weight is 253 g/mol. The lowest BCUT2D eigenvalue weighted by Gasteiger charge is -2.25. The Morgan fingerprint density at radius 2 is 2.06 bits per heavy atom. The number of Topliss-reactive ketones (excluding diaryl/α,β-unsaturated/α-hetero) is 1. The Kier molecular flexibility index (Phi) is 4.84. The Balaban J connectivity index is 3.12. The molecule has 0 spiro atoms. The van der Waals surface area contributed by atoms with Crippen molar-refractivity contribution in [3.63, 3.8) is 0 Å². The van der Waals surface area contributed by atoms with E-state index >= 15 is 0 Å². The van der Waals surface area contributed by atoms with E-state index in [1.165, 1.54) is 13.0 Å². The van der Waals surface area contributed by atoms with Crippen LogP contribution in [0.3, 0.4) is 0 Å².